The lowest BCUT2D eigenvalue weighted by Crippen LogP contribution is -2.61. The largest absolute Gasteiger partial charge is 0.390 e. The monoisotopic (exact) mass is 617 g/mol. The van der Waals surface area contributed by atoms with E-state index in [1.807, 2.05) is 0 Å². The molecule has 252 valence electrons. The highest BCUT2D eigenvalue weighted by Gasteiger charge is 2.74. The van der Waals surface area contributed by atoms with Crippen molar-refractivity contribution in [1.29, 1.82) is 0 Å². The van der Waals surface area contributed by atoms with Crippen LogP contribution >= 0.6 is 0 Å². The molecule has 14 atom stereocenters. The molecule has 4 saturated carbocycles. The van der Waals surface area contributed by atoms with Gasteiger partial charge in [-0.15, -0.1) is 0 Å². The Morgan fingerprint density at radius 2 is 1.89 bits per heavy atom. The number of aliphatic hydroxyl groups is 2. The zero-order valence-corrected chi connectivity index (χ0v) is 29.2. The quantitative estimate of drug-likeness (QED) is 0.364. The SMILES string of the molecule is C/C=C1/[C@@H](O[C@H]2CN(C)CCO2)CC[C@]2(CC)C3CC[C@]4(C)[C@@H]5[C@H](O[C@@H]([C@H](OC)C(C)(C)O)C[C@H]5C)[C@H](O)[C@@]4(C)[C@@H]3CC[C@@H]12. The van der Waals surface area contributed by atoms with Crippen molar-refractivity contribution >= 4 is 0 Å². The topological polar surface area (TPSA) is 80.6 Å². The highest BCUT2D eigenvalue weighted by atomic mass is 16.7. The lowest BCUT2D eigenvalue weighted by atomic mass is 9.38. The number of hydrogen-bond acceptors (Lipinski definition) is 7. The Balaban J connectivity index is 1.28. The molecule has 0 bridgehead atoms. The summed E-state index contributed by atoms with van der Waals surface area (Å²) in [5.74, 6) is 2.27. The van der Waals surface area contributed by atoms with Crippen molar-refractivity contribution in [2.75, 3.05) is 33.9 Å². The van der Waals surface area contributed by atoms with Gasteiger partial charge in [0.25, 0.3) is 0 Å². The van der Waals surface area contributed by atoms with E-state index in [2.05, 4.69) is 52.6 Å². The van der Waals surface area contributed by atoms with E-state index in [9.17, 15) is 10.2 Å². The molecule has 2 heterocycles. The fourth-order valence-corrected chi connectivity index (χ4v) is 12.7. The number of nitrogens with zero attached hydrogens (tertiary/aromatic N) is 1. The molecule has 0 spiro atoms. The van der Waals surface area contributed by atoms with Gasteiger partial charge in [0.1, 0.15) is 6.10 Å². The number of likely N-dealkylation sites (N-methyl/N-ethyl adjacent to an activating group) is 1. The lowest BCUT2D eigenvalue weighted by Gasteiger charge is -2.66. The fraction of sp³-hybridized carbons (Fsp3) is 0.946. The first-order valence-electron chi connectivity index (χ1n) is 18.0. The van der Waals surface area contributed by atoms with Gasteiger partial charge in [-0.2, -0.15) is 0 Å². The summed E-state index contributed by atoms with van der Waals surface area (Å²) in [6.45, 7) is 18.1. The van der Waals surface area contributed by atoms with Gasteiger partial charge < -0.3 is 29.2 Å². The van der Waals surface area contributed by atoms with E-state index in [0.29, 0.717) is 29.6 Å². The molecular weight excluding hydrogens is 554 g/mol. The van der Waals surface area contributed by atoms with E-state index in [0.717, 1.165) is 51.8 Å². The van der Waals surface area contributed by atoms with Gasteiger partial charge in [-0.1, -0.05) is 33.8 Å². The predicted octanol–water partition coefficient (Wildman–Crippen LogP) is 5.82. The molecule has 7 nitrogen and oxygen atoms in total. The van der Waals surface area contributed by atoms with Gasteiger partial charge >= 0.3 is 0 Å². The summed E-state index contributed by atoms with van der Waals surface area (Å²) in [6, 6.07) is 0. The minimum absolute atomic E-state index is 0.00971. The van der Waals surface area contributed by atoms with Gasteiger partial charge in [0.2, 0.25) is 0 Å². The summed E-state index contributed by atoms with van der Waals surface area (Å²) in [6.07, 6.45) is 9.91. The van der Waals surface area contributed by atoms with Crippen LogP contribution in [0.2, 0.25) is 0 Å². The Kier molecular flexibility index (Phi) is 8.99. The molecule has 1 unspecified atom stereocenters. The van der Waals surface area contributed by atoms with E-state index in [1.54, 1.807) is 21.0 Å². The van der Waals surface area contributed by atoms with Crippen molar-refractivity contribution in [3.63, 3.8) is 0 Å². The molecule has 7 heteroatoms. The summed E-state index contributed by atoms with van der Waals surface area (Å²) in [4.78, 5) is 2.31. The van der Waals surface area contributed by atoms with Gasteiger partial charge in [0.15, 0.2) is 6.29 Å². The zero-order valence-electron chi connectivity index (χ0n) is 29.2. The Bertz CT molecular complexity index is 1070. The minimum atomic E-state index is -1.01. The maximum absolute atomic E-state index is 12.5. The molecule has 0 radical (unpaired) electrons. The standard InChI is InChI=1S/C37H63NO6/c1-10-23-24-12-13-25-26(37(24,11-2)17-15-27(23)43-29-21-38(8)18-19-42-29)14-16-35(6)30-22(3)20-28(33(41-9)34(4,5)40)44-31(30)32(39)36(25,35)7/h10,22,24-33,39-40H,11-21H2,1-9H3/b23-10+/t22-,24+,25-,26?,27+,28-,29+,30+,31+,32+,33+,35-,36-,37+/m1/s1. The van der Waals surface area contributed by atoms with Crippen LogP contribution in [0.4, 0.5) is 0 Å². The number of morpholine rings is 1. The Morgan fingerprint density at radius 3 is 2.52 bits per heavy atom. The van der Waals surface area contributed by atoms with Crippen LogP contribution in [-0.4, -0.2) is 91.4 Å². The number of rotatable bonds is 6. The summed E-state index contributed by atoms with van der Waals surface area (Å²) >= 11 is 0. The summed E-state index contributed by atoms with van der Waals surface area (Å²) in [5.41, 5.74) is 0.520. The molecule has 2 aliphatic heterocycles. The van der Waals surface area contributed by atoms with E-state index in [-0.39, 0.29) is 40.8 Å². The van der Waals surface area contributed by atoms with Gasteiger partial charge in [-0.05, 0) is 125 Å². The zero-order chi connectivity index (χ0) is 31.8. The minimum Gasteiger partial charge on any atom is -0.390 e. The lowest BCUT2D eigenvalue weighted by molar-refractivity contribution is -0.215. The average molecular weight is 618 g/mol. The van der Waals surface area contributed by atoms with Crippen LogP contribution in [0, 0.1) is 45.8 Å². The maximum atomic E-state index is 12.5. The van der Waals surface area contributed by atoms with Gasteiger partial charge in [-0.3, -0.25) is 4.90 Å². The Morgan fingerprint density at radius 1 is 1.14 bits per heavy atom. The molecule has 6 fully saturated rings. The summed E-state index contributed by atoms with van der Waals surface area (Å²) in [7, 11) is 3.82. The molecule has 2 saturated heterocycles. The molecule has 6 aliphatic rings. The Labute approximate surface area is 267 Å². The molecule has 0 amide bonds. The third kappa shape index (κ3) is 4.84. The third-order valence-electron chi connectivity index (χ3n) is 14.7. The molecule has 0 aromatic carbocycles. The van der Waals surface area contributed by atoms with Gasteiger partial charge in [0, 0.05) is 25.6 Å². The number of allylic oxidation sites excluding steroid dienone is 1. The number of methoxy groups -OCH3 is 1. The second kappa shape index (κ2) is 11.9. The first-order valence-corrected chi connectivity index (χ1v) is 18.0. The number of hydrogen-bond donors (Lipinski definition) is 2. The molecular formula is C37H63NO6. The van der Waals surface area contributed by atoms with Crippen molar-refractivity contribution in [2.24, 2.45) is 45.8 Å². The molecule has 2 N–H and O–H groups in total. The second-order valence-corrected chi connectivity index (χ2v) is 16.8. The molecule has 0 aromatic heterocycles. The van der Waals surface area contributed by atoms with Crippen LogP contribution in [-0.2, 0) is 18.9 Å². The van der Waals surface area contributed by atoms with Crippen LogP contribution < -0.4 is 0 Å². The van der Waals surface area contributed by atoms with E-state index in [1.165, 1.54) is 24.8 Å². The molecule has 6 rings (SSSR count). The highest BCUT2D eigenvalue weighted by Crippen LogP contribution is 2.75. The van der Waals surface area contributed by atoms with Crippen LogP contribution in [0.25, 0.3) is 0 Å². The van der Waals surface area contributed by atoms with Gasteiger partial charge in [-0.25, -0.2) is 0 Å². The third-order valence-corrected chi connectivity index (χ3v) is 14.7. The van der Waals surface area contributed by atoms with Gasteiger partial charge in [0.05, 0.1) is 36.6 Å². The van der Waals surface area contributed by atoms with Crippen molar-refractivity contribution in [3.8, 4) is 0 Å². The van der Waals surface area contributed by atoms with E-state index >= 15 is 0 Å². The predicted molar refractivity (Wildman–Crippen MR) is 172 cm³/mol. The van der Waals surface area contributed by atoms with Crippen molar-refractivity contribution in [3.05, 3.63) is 11.6 Å². The second-order valence-electron chi connectivity index (χ2n) is 16.8. The number of aliphatic hydroxyl groups excluding tert-OH is 1. The van der Waals surface area contributed by atoms with Crippen molar-refractivity contribution in [1.82, 2.24) is 4.90 Å². The smallest absolute Gasteiger partial charge is 0.170 e. The van der Waals surface area contributed by atoms with E-state index in [4.69, 9.17) is 18.9 Å². The van der Waals surface area contributed by atoms with Crippen molar-refractivity contribution in [2.45, 2.75) is 142 Å². The first-order chi connectivity index (χ1) is 20.8. The molecule has 4 aliphatic carbocycles. The first kappa shape index (κ1) is 33.4. The highest BCUT2D eigenvalue weighted by molar-refractivity contribution is 5.27. The molecule has 44 heavy (non-hydrogen) atoms. The van der Waals surface area contributed by atoms with Crippen molar-refractivity contribution < 1.29 is 29.2 Å². The maximum Gasteiger partial charge on any atom is 0.170 e. The summed E-state index contributed by atoms with van der Waals surface area (Å²) in [5, 5.41) is 23.4. The van der Waals surface area contributed by atoms with E-state index < -0.39 is 17.8 Å². The number of fused-ring (bicyclic) bond motifs is 7. The van der Waals surface area contributed by atoms with Crippen LogP contribution in [0.3, 0.4) is 0 Å². The normalized spacial score (nSPS) is 51.3. The fourth-order valence-electron chi connectivity index (χ4n) is 12.7. The van der Waals surface area contributed by atoms with Crippen LogP contribution in [0.1, 0.15) is 99.8 Å². The Hall–Kier alpha value is -0.540. The average Bonchev–Trinajstić information content (AvgIpc) is 3.15. The molecule has 0 aromatic rings. The van der Waals surface area contributed by atoms with Crippen LogP contribution in [0.15, 0.2) is 11.6 Å². The van der Waals surface area contributed by atoms with Crippen LogP contribution in [0.5, 0.6) is 0 Å². The summed E-state index contributed by atoms with van der Waals surface area (Å²) < 4.78 is 25.5. The number of ether oxygens (including phenoxy) is 4.